The fraction of sp³-hybridized carbons (Fsp3) is 0.333. The fourth-order valence-corrected chi connectivity index (χ4v) is 1.47. The van der Waals surface area contributed by atoms with Crippen LogP contribution in [-0.4, -0.2) is 17.0 Å². The van der Waals surface area contributed by atoms with Crippen molar-refractivity contribution in [1.29, 1.82) is 0 Å². The molecule has 0 aliphatic rings. The Morgan fingerprint density at radius 2 is 2.12 bits per heavy atom. The molecule has 1 amide bonds. The van der Waals surface area contributed by atoms with Crippen LogP contribution in [0.2, 0.25) is 5.02 Å². The molecule has 4 nitrogen and oxygen atoms in total. The Kier molecular flexibility index (Phi) is 4.97. The van der Waals surface area contributed by atoms with E-state index in [1.165, 1.54) is 18.2 Å². The molecule has 0 saturated heterocycles. The van der Waals surface area contributed by atoms with Crippen LogP contribution in [0.5, 0.6) is 0 Å². The number of hydrogen-bond donors (Lipinski definition) is 2. The number of hydrogen-bond acceptors (Lipinski definition) is 2. The lowest BCUT2D eigenvalue weighted by Crippen LogP contribution is -2.12. The van der Waals surface area contributed by atoms with Crippen LogP contribution in [0.3, 0.4) is 0 Å². The highest BCUT2D eigenvalue weighted by atomic mass is 35.5. The van der Waals surface area contributed by atoms with E-state index in [0.29, 0.717) is 17.1 Å². The van der Waals surface area contributed by atoms with Gasteiger partial charge in [-0.3, -0.25) is 4.79 Å². The smallest absolute Gasteiger partial charge is 0.335 e. The van der Waals surface area contributed by atoms with E-state index in [4.69, 9.17) is 16.7 Å². The van der Waals surface area contributed by atoms with Crippen LogP contribution >= 0.6 is 11.6 Å². The highest BCUT2D eigenvalue weighted by molar-refractivity contribution is 6.33. The molecule has 0 aliphatic heterocycles. The summed E-state index contributed by atoms with van der Waals surface area (Å²) < 4.78 is 0. The van der Waals surface area contributed by atoms with Crippen molar-refractivity contribution in [2.75, 3.05) is 5.32 Å². The van der Waals surface area contributed by atoms with Gasteiger partial charge in [-0.1, -0.05) is 24.9 Å². The molecule has 0 saturated carbocycles. The van der Waals surface area contributed by atoms with Gasteiger partial charge in [0.2, 0.25) is 5.91 Å². The second-order valence-electron chi connectivity index (χ2n) is 3.65. The average molecular weight is 256 g/mol. The number of carboxylic acids is 1. The van der Waals surface area contributed by atoms with E-state index >= 15 is 0 Å². The zero-order valence-corrected chi connectivity index (χ0v) is 10.3. The third kappa shape index (κ3) is 4.07. The van der Waals surface area contributed by atoms with Crippen molar-refractivity contribution in [2.24, 2.45) is 0 Å². The summed E-state index contributed by atoms with van der Waals surface area (Å²) in [5.74, 6) is -1.21. The first-order chi connectivity index (χ1) is 8.04. The first-order valence-corrected chi connectivity index (χ1v) is 5.75. The Labute approximate surface area is 105 Å². The largest absolute Gasteiger partial charge is 0.478 e. The minimum Gasteiger partial charge on any atom is -0.478 e. The molecule has 0 spiro atoms. The lowest BCUT2D eigenvalue weighted by molar-refractivity contribution is -0.116. The molecule has 0 atom stereocenters. The van der Waals surface area contributed by atoms with Crippen LogP contribution < -0.4 is 5.32 Å². The number of carbonyl (C=O) groups is 2. The van der Waals surface area contributed by atoms with Crippen LogP contribution in [0.4, 0.5) is 5.69 Å². The Morgan fingerprint density at radius 3 is 2.71 bits per heavy atom. The van der Waals surface area contributed by atoms with Gasteiger partial charge in [-0.25, -0.2) is 4.79 Å². The SMILES string of the molecule is CCCCC(=O)Nc1cc(C(=O)O)ccc1Cl. The molecule has 0 fully saturated rings. The van der Waals surface area contributed by atoms with Crippen LogP contribution in [0.25, 0.3) is 0 Å². The quantitative estimate of drug-likeness (QED) is 0.849. The third-order valence-corrected chi connectivity index (χ3v) is 2.57. The maximum absolute atomic E-state index is 11.5. The van der Waals surface area contributed by atoms with Gasteiger partial charge in [0.1, 0.15) is 0 Å². The van der Waals surface area contributed by atoms with Gasteiger partial charge in [0, 0.05) is 6.42 Å². The van der Waals surface area contributed by atoms with E-state index in [2.05, 4.69) is 5.32 Å². The topological polar surface area (TPSA) is 66.4 Å². The summed E-state index contributed by atoms with van der Waals surface area (Å²) in [6.45, 7) is 1.99. The molecule has 0 radical (unpaired) electrons. The van der Waals surface area contributed by atoms with E-state index in [9.17, 15) is 9.59 Å². The predicted octanol–water partition coefficient (Wildman–Crippen LogP) is 3.17. The highest BCUT2D eigenvalue weighted by Crippen LogP contribution is 2.23. The number of carbonyl (C=O) groups excluding carboxylic acids is 1. The molecule has 17 heavy (non-hydrogen) atoms. The Bertz CT molecular complexity index is 432. The van der Waals surface area contributed by atoms with Crippen molar-refractivity contribution in [3.63, 3.8) is 0 Å². The number of unbranched alkanes of at least 4 members (excludes halogenated alkanes) is 1. The van der Waals surface area contributed by atoms with E-state index in [-0.39, 0.29) is 11.5 Å². The van der Waals surface area contributed by atoms with Crippen LogP contribution in [0.15, 0.2) is 18.2 Å². The molecular weight excluding hydrogens is 242 g/mol. The third-order valence-electron chi connectivity index (χ3n) is 2.24. The van der Waals surface area contributed by atoms with Crippen molar-refractivity contribution < 1.29 is 14.7 Å². The Balaban J connectivity index is 2.79. The number of halogens is 1. The van der Waals surface area contributed by atoms with Crippen molar-refractivity contribution in [3.8, 4) is 0 Å². The number of amides is 1. The van der Waals surface area contributed by atoms with Crippen molar-refractivity contribution in [3.05, 3.63) is 28.8 Å². The molecule has 1 rings (SSSR count). The van der Waals surface area contributed by atoms with Crippen molar-refractivity contribution >= 4 is 29.2 Å². The van der Waals surface area contributed by atoms with E-state index in [1.54, 1.807) is 0 Å². The number of anilines is 1. The fourth-order valence-electron chi connectivity index (χ4n) is 1.30. The molecule has 0 bridgehead atoms. The molecular formula is C12H14ClNO3. The molecule has 1 aromatic rings. The van der Waals surface area contributed by atoms with E-state index in [0.717, 1.165) is 12.8 Å². The van der Waals surface area contributed by atoms with Crippen LogP contribution in [0, 0.1) is 0 Å². The molecule has 1 aromatic carbocycles. The number of benzene rings is 1. The molecule has 2 N–H and O–H groups in total. The summed E-state index contributed by atoms with van der Waals surface area (Å²) in [7, 11) is 0. The number of aromatic carboxylic acids is 1. The van der Waals surface area contributed by atoms with Gasteiger partial charge in [-0.2, -0.15) is 0 Å². The van der Waals surface area contributed by atoms with Gasteiger partial charge in [0.05, 0.1) is 16.3 Å². The van der Waals surface area contributed by atoms with Crippen molar-refractivity contribution in [2.45, 2.75) is 26.2 Å². The molecule has 0 aromatic heterocycles. The maximum atomic E-state index is 11.5. The molecule has 0 heterocycles. The average Bonchev–Trinajstić information content (AvgIpc) is 2.29. The van der Waals surface area contributed by atoms with Gasteiger partial charge in [-0.15, -0.1) is 0 Å². The van der Waals surface area contributed by atoms with Crippen molar-refractivity contribution in [1.82, 2.24) is 0 Å². The first kappa shape index (κ1) is 13.5. The van der Waals surface area contributed by atoms with Gasteiger partial charge < -0.3 is 10.4 Å². The van der Waals surface area contributed by atoms with Crippen LogP contribution in [-0.2, 0) is 4.79 Å². The lowest BCUT2D eigenvalue weighted by atomic mass is 10.2. The first-order valence-electron chi connectivity index (χ1n) is 5.37. The molecule has 92 valence electrons. The zero-order valence-electron chi connectivity index (χ0n) is 9.50. The summed E-state index contributed by atoms with van der Waals surface area (Å²) in [6, 6.07) is 4.21. The van der Waals surface area contributed by atoms with Gasteiger partial charge in [0.15, 0.2) is 0 Å². The predicted molar refractivity (Wildman–Crippen MR) is 66.6 cm³/mol. The minimum absolute atomic E-state index is 0.0974. The van der Waals surface area contributed by atoms with Crippen LogP contribution in [0.1, 0.15) is 36.5 Å². The van der Waals surface area contributed by atoms with E-state index in [1.807, 2.05) is 6.92 Å². The summed E-state index contributed by atoms with van der Waals surface area (Å²) in [4.78, 5) is 22.3. The Hall–Kier alpha value is -1.55. The number of nitrogens with one attached hydrogen (secondary N) is 1. The highest BCUT2D eigenvalue weighted by Gasteiger charge is 2.09. The van der Waals surface area contributed by atoms with Gasteiger partial charge in [-0.05, 0) is 24.6 Å². The van der Waals surface area contributed by atoms with Gasteiger partial charge >= 0.3 is 5.97 Å². The normalized spacial score (nSPS) is 10.0. The maximum Gasteiger partial charge on any atom is 0.335 e. The monoisotopic (exact) mass is 255 g/mol. The minimum atomic E-state index is -1.05. The Morgan fingerprint density at radius 1 is 1.41 bits per heavy atom. The summed E-state index contributed by atoms with van der Waals surface area (Å²) in [5.41, 5.74) is 0.438. The molecule has 5 heteroatoms. The summed E-state index contributed by atoms with van der Waals surface area (Å²) in [5, 5.41) is 11.8. The summed E-state index contributed by atoms with van der Waals surface area (Å²) >= 11 is 5.87. The molecule has 0 unspecified atom stereocenters. The van der Waals surface area contributed by atoms with E-state index < -0.39 is 5.97 Å². The van der Waals surface area contributed by atoms with Gasteiger partial charge in [0.25, 0.3) is 0 Å². The number of carboxylic acid groups (broad SMARTS) is 1. The number of rotatable bonds is 5. The second-order valence-corrected chi connectivity index (χ2v) is 4.06. The second kappa shape index (κ2) is 6.25. The summed E-state index contributed by atoms with van der Waals surface area (Å²) in [6.07, 6.45) is 2.13. The standard InChI is InChI=1S/C12H14ClNO3/c1-2-3-4-11(15)14-10-7-8(12(16)17)5-6-9(10)13/h5-7H,2-4H2,1H3,(H,14,15)(H,16,17). The molecule has 0 aliphatic carbocycles. The lowest BCUT2D eigenvalue weighted by Gasteiger charge is -2.07. The zero-order chi connectivity index (χ0) is 12.8.